The maximum Gasteiger partial charge on any atom is 0.133 e. The molecule has 1 aliphatic carbocycles. The van der Waals surface area contributed by atoms with E-state index in [9.17, 15) is 4.79 Å². The van der Waals surface area contributed by atoms with Crippen LogP contribution in [-0.4, -0.2) is 5.78 Å². The van der Waals surface area contributed by atoms with Gasteiger partial charge in [-0.1, -0.05) is 65.0 Å². The molecule has 1 aromatic rings. The number of aryl methyl sites for hydroxylation is 1. The first-order valence-corrected chi connectivity index (χ1v) is 9.27. The van der Waals surface area contributed by atoms with Crippen molar-refractivity contribution in [1.29, 1.82) is 0 Å². The number of benzene rings is 1. The fourth-order valence-electron chi connectivity index (χ4n) is 3.76. The van der Waals surface area contributed by atoms with Crippen molar-refractivity contribution in [3.05, 3.63) is 29.3 Å². The minimum atomic E-state index is 0.0819. The molecule has 0 unspecified atom stereocenters. The minimum Gasteiger partial charge on any atom is -0.398 e. The molecule has 23 heavy (non-hydrogen) atoms. The lowest BCUT2D eigenvalue weighted by Crippen LogP contribution is -2.14. The van der Waals surface area contributed by atoms with Crippen LogP contribution < -0.4 is 5.73 Å². The Kier molecular flexibility index (Phi) is 6.26. The molecule has 0 radical (unpaired) electrons. The Hall–Kier alpha value is -1.31. The fourth-order valence-corrected chi connectivity index (χ4v) is 3.76. The molecule has 2 heteroatoms. The molecule has 0 heterocycles. The number of nitrogen functional groups attached to an aromatic ring is 1. The van der Waals surface area contributed by atoms with Crippen LogP contribution in [0.25, 0.3) is 0 Å². The summed E-state index contributed by atoms with van der Waals surface area (Å²) in [6.45, 7) is 6.55. The van der Waals surface area contributed by atoms with Crippen LogP contribution >= 0.6 is 0 Å². The summed E-state index contributed by atoms with van der Waals surface area (Å²) in [4.78, 5) is 12.1. The van der Waals surface area contributed by atoms with E-state index in [0.717, 1.165) is 31.4 Å². The highest BCUT2D eigenvalue weighted by Gasteiger charge is 2.18. The van der Waals surface area contributed by atoms with Crippen LogP contribution in [0.1, 0.15) is 83.3 Å². The topological polar surface area (TPSA) is 43.1 Å². The summed E-state index contributed by atoms with van der Waals surface area (Å²) in [7, 11) is 0. The number of anilines is 1. The molecular formula is C21H33NO. The van der Waals surface area contributed by atoms with E-state index in [-0.39, 0.29) is 5.41 Å². The number of ketones is 1. The predicted octanol–water partition coefficient (Wildman–Crippen LogP) is 5.43. The first-order valence-electron chi connectivity index (χ1n) is 9.27. The second-order valence-corrected chi connectivity index (χ2v) is 8.27. The Morgan fingerprint density at radius 1 is 1.17 bits per heavy atom. The first kappa shape index (κ1) is 18.0. The van der Waals surface area contributed by atoms with Crippen LogP contribution in [0.5, 0.6) is 0 Å². The van der Waals surface area contributed by atoms with Gasteiger partial charge in [0.15, 0.2) is 0 Å². The highest BCUT2D eigenvalue weighted by atomic mass is 16.1. The first-order chi connectivity index (χ1) is 10.9. The molecule has 1 saturated carbocycles. The number of nitrogens with two attached hydrogens (primary N) is 1. The van der Waals surface area contributed by atoms with E-state index >= 15 is 0 Å². The van der Waals surface area contributed by atoms with Gasteiger partial charge in [-0.3, -0.25) is 4.79 Å². The number of carbonyl (C=O) groups excluding carboxylic acids is 1. The van der Waals surface area contributed by atoms with E-state index in [0.29, 0.717) is 11.7 Å². The highest BCUT2D eigenvalue weighted by Crippen LogP contribution is 2.29. The normalized spacial score (nSPS) is 16.5. The second-order valence-electron chi connectivity index (χ2n) is 8.27. The van der Waals surface area contributed by atoms with Crippen LogP contribution in [0.4, 0.5) is 5.69 Å². The average molecular weight is 316 g/mol. The fraction of sp³-hybridized carbons (Fsp3) is 0.667. The number of Topliss-reactive ketones (excluding diaryl/α,β-unsaturated/α-hetero) is 1. The predicted molar refractivity (Wildman–Crippen MR) is 98.7 cm³/mol. The van der Waals surface area contributed by atoms with Gasteiger partial charge in [0.05, 0.1) is 0 Å². The van der Waals surface area contributed by atoms with Gasteiger partial charge in [0, 0.05) is 18.5 Å². The van der Waals surface area contributed by atoms with Gasteiger partial charge in [-0.15, -0.1) is 0 Å². The van der Waals surface area contributed by atoms with Gasteiger partial charge in [0.25, 0.3) is 0 Å². The number of hydrogen-bond acceptors (Lipinski definition) is 2. The Labute approximate surface area is 141 Å². The summed E-state index contributed by atoms with van der Waals surface area (Å²) < 4.78 is 0. The smallest absolute Gasteiger partial charge is 0.133 e. The second kappa shape index (κ2) is 7.99. The molecule has 128 valence electrons. The van der Waals surface area contributed by atoms with Crippen molar-refractivity contribution < 1.29 is 4.79 Å². The molecule has 1 fully saturated rings. The molecule has 0 atom stereocenters. The van der Waals surface area contributed by atoms with Crippen molar-refractivity contribution in [3.63, 3.8) is 0 Å². The Balaban J connectivity index is 1.77. The molecule has 2 N–H and O–H groups in total. The monoisotopic (exact) mass is 315 g/mol. The SMILES string of the molecule is CC(C)(C)c1ccc(CCCC(=O)CC2CCCCC2)cc1N. The maximum atomic E-state index is 12.1. The van der Waals surface area contributed by atoms with Gasteiger partial charge in [-0.05, 0) is 41.4 Å². The largest absolute Gasteiger partial charge is 0.398 e. The summed E-state index contributed by atoms with van der Waals surface area (Å²) in [6.07, 6.45) is 9.94. The molecule has 0 aromatic heterocycles. The lowest BCUT2D eigenvalue weighted by molar-refractivity contribution is -0.120. The Morgan fingerprint density at radius 3 is 2.48 bits per heavy atom. The van der Waals surface area contributed by atoms with Gasteiger partial charge in [0.1, 0.15) is 5.78 Å². The highest BCUT2D eigenvalue weighted by molar-refractivity contribution is 5.78. The van der Waals surface area contributed by atoms with E-state index in [1.165, 1.54) is 43.2 Å². The zero-order valence-electron chi connectivity index (χ0n) is 15.2. The third-order valence-corrected chi connectivity index (χ3v) is 5.09. The van der Waals surface area contributed by atoms with Gasteiger partial charge in [-0.25, -0.2) is 0 Å². The molecule has 0 saturated heterocycles. The van der Waals surface area contributed by atoms with Gasteiger partial charge in [0.2, 0.25) is 0 Å². The number of rotatable bonds is 6. The van der Waals surface area contributed by atoms with Crippen LogP contribution in [-0.2, 0) is 16.6 Å². The molecule has 2 nitrogen and oxygen atoms in total. The summed E-state index contributed by atoms with van der Waals surface area (Å²) in [5.41, 5.74) is 9.61. The number of carbonyl (C=O) groups is 1. The number of hydrogen-bond donors (Lipinski definition) is 1. The van der Waals surface area contributed by atoms with Crippen molar-refractivity contribution in [2.75, 3.05) is 5.73 Å². The van der Waals surface area contributed by atoms with Crippen LogP contribution in [0.15, 0.2) is 18.2 Å². The van der Waals surface area contributed by atoms with Crippen LogP contribution in [0.3, 0.4) is 0 Å². The van der Waals surface area contributed by atoms with Crippen molar-refractivity contribution in [3.8, 4) is 0 Å². The van der Waals surface area contributed by atoms with Crippen molar-refractivity contribution in [1.82, 2.24) is 0 Å². The van der Waals surface area contributed by atoms with E-state index in [2.05, 4.69) is 39.0 Å². The van der Waals surface area contributed by atoms with Crippen molar-refractivity contribution in [2.24, 2.45) is 5.92 Å². The third kappa shape index (κ3) is 5.67. The summed E-state index contributed by atoms with van der Waals surface area (Å²) in [5, 5.41) is 0. The summed E-state index contributed by atoms with van der Waals surface area (Å²) >= 11 is 0. The van der Waals surface area contributed by atoms with Gasteiger partial charge in [-0.2, -0.15) is 0 Å². The quantitative estimate of drug-likeness (QED) is 0.711. The lowest BCUT2D eigenvalue weighted by Gasteiger charge is -2.22. The molecule has 0 amide bonds. The minimum absolute atomic E-state index is 0.0819. The van der Waals surface area contributed by atoms with Gasteiger partial charge >= 0.3 is 0 Å². The van der Waals surface area contributed by atoms with E-state index in [1.807, 2.05) is 0 Å². The van der Waals surface area contributed by atoms with E-state index in [1.54, 1.807) is 0 Å². The Morgan fingerprint density at radius 2 is 1.87 bits per heavy atom. The van der Waals surface area contributed by atoms with E-state index in [4.69, 9.17) is 5.73 Å². The summed E-state index contributed by atoms with van der Waals surface area (Å²) in [6, 6.07) is 6.41. The zero-order valence-corrected chi connectivity index (χ0v) is 15.2. The molecule has 0 spiro atoms. The average Bonchev–Trinajstić information content (AvgIpc) is 2.47. The lowest BCUT2D eigenvalue weighted by atomic mass is 9.84. The summed E-state index contributed by atoms with van der Waals surface area (Å²) in [5.74, 6) is 1.12. The zero-order chi connectivity index (χ0) is 16.9. The molecule has 1 aliphatic rings. The molecule has 0 aliphatic heterocycles. The standard InChI is InChI=1S/C21H33NO/c1-21(2,3)19-13-12-17(15-20(19)22)10-7-11-18(23)14-16-8-5-4-6-9-16/h12-13,15-16H,4-11,14,22H2,1-3H3. The Bertz CT molecular complexity index is 521. The van der Waals surface area contributed by atoms with Crippen molar-refractivity contribution >= 4 is 11.5 Å². The van der Waals surface area contributed by atoms with Crippen LogP contribution in [0.2, 0.25) is 0 Å². The van der Waals surface area contributed by atoms with E-state index < -0.39 is 0 Å². The maximum absolute atomic E-state index is 12.1. The molecule has 2 rings (SSSR count). The molecule has 1 aromatic carbocycles. The van der Waals surface area contributed by atoms with Gasteiger partial charge < -0.3 is 5.73 Å². The van der Waals surface area contributed by atoms with Crippen LogP contribution in [0, 0.1) is 5.92 Å². The van der Waals surface area contributed by atoms with Crippen molar-refractivity contribution in [2.45, 2.75) is 84.0 Å². The molecule has 0 bridgehead atoms. The third-order valence-electron chi connectivity index (χ3n) is 5.09. The molecular weight excluding hydrogens is 282 g/mol.